The van der Waals surface area contributed by atoms with Gasteiger partial charge in [0.25, 0.3) is 5.91 Å². The molecule has 3 rings (SSSR count). The number of nitrogens with one attached hydrogen (secondary N) is 1. The molecule has 1 aliphatic carbocycles. The summed E-state index contributed by atoms with van der Waals surface area (Å²) in [5.74, 6) is -1.40. The Labute approximate surface area is 145 Å². The molecule has 0 radical (unpaired) electrons. The molecule has 9 heteroatoms. The Balaban J connectivity index is 1.93. The Morgan fingerprint density at radius 1 is 1.28 bits per heavy atom. The highest BCUT2D eigenvalue weighted by molar-refractivity contribution is 7.89. The highest BCUT2D eigenvalue weighted by Gasteiger charge is 2.35. The van der Waals surface area contributed by atoms with Gasteiger partial charge in [0.15, 0.2) is 0 Å². The Hall–Kier alpha value is -2.13. The van der Waals surface area contributed by atoms with Gasteiger partial charge in [-0.2, -0.15) is 0 Å². The van der Waals surface area contributed by atoms with Gasteiger partial charge in [0.2, 0.25) is 10.0 Å². The van der Waals surface area contributed by atoms with E-state index in [0.717, 1.165) is 12.8 Å². The molecule has 25 heavy (non-hydrogen) atoms. The third-order valence-electron chi connectivity index (χ3n) is 4.40. The van der Waals surface area contributed by atoms with Crippen LogP contribution >= 0.6 is 0 Å². The lowest BCUT2D eigenvalue weighted by Crippen LogP contribution is -2.40. The van der Waals surface area contributed by atoms with Crippen LogP contribution in [0.25, 0.3) is 0 Å². The fourth-order valence-corrected chi connectivity index (χ4v) is 4.44. The SMILES string of the molecule is COc1ccc(C(=O)N2CCC[C@@H]2C(=O)O)cc1S(=O)(=O)NC1CC1. The molecule has 1 saturated heterocycles. The van der Waals surface area contributed by atoms with Crippen molar-refractivity contribution in [2.75, 3.05) is 13.7 Å². The highest BCUT2D eigenvalue weighted by atomic mass is 32.2. The number of rotatable bonds is 6. The van der Waals surface area contributed by atoms with Crippen LogP contribution < -0.4 is 9.46 Å². The summed E-state index contributed by atoms with van der Waals surface area (Å²) >= 11 is 0. The molecule has 0 bridgehead atoms. The first-order valence-electron chi connectivity index (χ1n) is 8.07. The Morgan fingerprint density at radius 3 is 2.60 bits per heavy atom. The van der Waals surface area contributed by atoms with Gasteiger partial charge in [-0.05, 0) is 43.9 Å². The van der Waals surface area contributed by atoms with E-state index >= 15 is 0 Å². The predicted molar refractivity (Wildman–Crippen MR) is 88.0 cm³/mol. The molecule has 1 aromatic carbocycles. The summed E-state index contributed by atoms with van der Waals surface area (Å²) in [6, 6.07) is 3.17. The third-order valence-corrected chi connectivity index (χ3v) is 5.94. The van der Waals surface area contributed by atoms with Gasteiger partial charge in [-0.15, -0.1) is 0 Å². The Morgan fingerprint density at radius 2 is 2.00 bits per heavy atom. The lowest BCUT2D eigenvalue weighted by atomic mass is 10.1. The van der Waals surface area contributed by atoms with Crippen molar-refractivity contribution in [3.8, 4) is 5.75 Å². The normalized spacial score (nSPS) is 20.5. The Kier molecular flexibility index (Phi) is 4.70. The van der Waals surface area contributed by atoms with E-state index in [-0.39, 0.29) is 22.3 Å². The van der Waals surface area contributed by atoms with Crippen LogP contribution in [0.4, 0.5) is 0 Å². The minimum absolute atomic E-state index is 0.0796. The van der Waals surface area contributed by atoms with E-state index in [1.165, 1.54) is 30.2 Å². The largest absolute Gasteiger partial charge is 0.495 e. The zero-order chi connectivity index (χ0) is 18.2. The van der Waals surface area contributed by atoms with Crippen molar-refractivity contribution in [3.05, 3.63) is 23.8 Å². The van der Waals surface area contributed by atoms with Crippen LogP contribution in [0.1, 0.15) is 36.0 Å². The van der Waals surface area contributed by atoms with E-state index in [1.54, 1.807) is 0 Å². The number of likely N-dealkylation sites (tertiary alicyclic amines) is 1. The minimum Gasteiger partial charge on any atom is -0.495 e. The number of carboxylic acids is 1. The summed E-state index contributed by atoms with van der Waals surface area (Å²) < 4.78 is 32.7. The second-order valence-electron chi connectivity index (χ2n) is 6.26. The summed E-state index contributed by atoms with van der Waals surface area (Å²) in [5.41, 5.74) is 0.130. The zero-order valence-corrected chi connectivity index (χ0v) is 14.6. The summed E-state index contributed by atoms with van der Waals surface area (Å²) in [6.45, 7) is 0.338. The molecule has 136 valence electrons. The fraction of sp³-hybridized carbons (Fsp3) is 0.500. The van der Waals surface area contributed by atoms with Crippen molar-refractivity contribution in [2.45, 2.75) is 42.7 Å². The maximum absolute atomic E-state index is 12.7. The third kappa shape index (κ3) is 3.62. The van der Waals surface area contributed by atoms with Crippen molar-refractivity contribution in [1.82, 2.24) is 9.62 Å². The van der Waals surface area contributed by atoms with E-state index in [9.17, 15) is 23.1 Å². The lowest BCUT2D eigenvalue weighted by Gasteiger charge is -2.22. The van der Waals surface area contributed by atoms with Crippen LogP contribution in [-0.4, -0.2) is 56.0 Å². The van der Waals surface area contributed by atoms with Crippen molar-refractivity contribution in [1.29, 1.82) is 0 Å². The number of carbonyl (C=O) groups is 2. The van der Waals surface area contributed by atoms with Gasteiger partial charge in [0, 0.05) is 18.2 Å². The first kappa shape index (κ1) is 17.7. The number of carboxylic acid groups (broad SMARTS) is 1. The van der Waals surface area contributed by atoms with Crippen LogP contribution in [0.3, 0.4) is 0 Å². The molecule has 2 aliphatic rings. The van der Waals surface area contributed by atoms with E-state index < -0.39 is 27.9 Å². The lowest BCUT2D eigenvalue weighted by molar-refractivity contribution is -0.141. The number of carbonyl (C=O) groups excluding carboxylic acids is 1. The number of methoxy groups -OCH3 is 1. The van der Waals surface area contributed by atoms with E-state index in [0.29, 0.717) is 19.4 Å². The monoisotopic (exact) mass is 368 g/mol. The van der Waals surface area contributed by atoms with Crippen LogP contribution in [0.5, 0.6) is 5.75 Å². The molecular formula is C16H20N2O6S. The maximum Gasteiger partial charge on any atom is 0.326 e. The molecule has 1 atom stereocenters. The molecule has 2 N–H and O–H groups in total. The second kappa shape index (κ2) is 6.64. The topological polar surface area (TPSA) is 113 Å². The average Bonchev–Trinajstić information content (AvgIpc) is 3.23. The number of sulfonamides is 1. The fourth-order valence-electron chi connectivity index (χ4n) is 2.94. The number of nitrogens with zero attached hydrogens (tertiary/aromatic N) is 1. The van der Waals surface area contributed by atoms with Gasteiger partial charge in [-0.1, -0.05) is 0 Å². The van der Waals surface area contributed by atoms with Crippen LogP contribution in [0.15, 0.2) is 23.1 Å². The molecule has 1 aromatic rings. The summed E-state index contributed by atoms with van der Waals surface area (Å²) in [5, 5.41) is 9.23. The molecule has 0 unspecified atom stereocenters. The van der Waals surface area contributed by atoms with Gasteiger partial charge >= 0.3 is 5.97 Å². The molecule has 1 aliphatic heterocycles. The molecule has 2 fully saturated rings. The maximum atomic E-state index is 12.7. The smallest absolute Gasteiger partial charge is 0.326 e. The predicted octanol–water partition coefficient (Wildman–Crippen LogP) is 0.825. The van der Waals surface area contributed by atoms with Gasteiger partial charge in [-0.25, -0.2) is 17.9 Å². The summed E-state index contributed by atoms with van der Waals surface area (Å²) in [6.07, 6.45) is 2.57. The van der Waals surface area contributed by atoms with Crippen molar-refractivity contribution in [3.63, 3.8) is 0 Å². The molecular weight excluding hydrogens is 348 g/mol. The van der Waals surface area contributed by atoms with Crippen molar-refractivity contribution in [2.24, 2.45) is 0 Å². The number of ether oxygens (including phenoxy) is 1. The first-order valence-corrected chi connectivity index (χ1v) is 9.56. The molecule has 1 amide bonds. The number of hydrogen-bond acceptors (Lipinski definition) is 5. The van der Waals surface area contributed by atoms with Gasteiger partial charge < -0.3 is 14.7 Å². The van der Waals surface area contributed by atoms with Crippen molar-refractivity contribution < 1.29 is 27.9 Å². The van der Waals surface area contributed by atoms with E-state index in [1.807, 2.05) is 0 Å². The zero-order valence-electron chi connectivity index (χ0n) is 13.8. The van der Waals surface area contributed by atoms with Gasteiger partial charge in [-0.3, -0.25) is 4.79 Å². The van der Waals surface area contributed by atoms with Crippen LogP contribution in [0.2, 0.25) is 0 Å². The second-order valence-corrected chi connectivity index (χ2v) is 7.94. The minimum atomic E-state index is -3.81. The number of amides is 1. The number of hydrogen-bond donors (Lipinski definition) is 2. The highest BCUT2D eigenvalue weighted by Crippen LogP contribution is 2.29. The average molecular weight is 368 g/mol. The van der Waals surface area contributed by atoms with Crippen molar-refractivity contribution >= 4 is 21.9 Å². The first-order chi connectivity index (χ1) is 11.8. The van der Waals surface area contributed by atoms with E-state index in [2.05, 4.69) is 4.72 Å². The number of benzene rings is 1. The number of aliphatic carboxylic acids is 1. The standard InChI is InChI=1S/C16H20N2O6S/c1-24-13-7-4-10(9-14(13)25(22,23)17-11-5-6-11)15(19)18-8-2-3-12(18)16(20)21/h4,7,9,11-12,17H,2-3,5-6,8H2,1H3,(H,20,21)/t12-/m1/s1. The summed E-state index contributed by atoms with van der Waals surface area (Å²) in [4.78, 5) is 25.1. The summed E-state index contributed by atoms with van der Waals surface area (Å²) in [7, 11) is -2.46. The molecule has 0 aromatic heterocycles. The van der Waals surface area contributed by atoms with Gasteiger partial charge in [0.05, 0.1) is 7.11 Å². The molecule has 0 spiro atoms. The molecule has 1 saturated carbocycles. The van der Waals surface area contributed by atoms with Gasteiger partial charge in [0.1, 0.15) is 16.7 Å². The van der Waals surface area contributed by atoms with Crippen LogP contribution in [0, 0.1) is 0 Å². The van der Waals surface area contributed by atoms with Crippen LogP contribution in [-0.2, 0) is 14.8 Å². The molecule has 8 nitrogen and oxygen atoms in total. The quantitative estimate of drug-likeness (QED) is 0.769. The molecule has 1 heterocycles. The Bertz CT molecular complexity index is 803. The van der Waals surface area contributed by atoms with E-state index in [4.69, 9.17) is 4.74 Å².